The van der Waals surface area contributed by atoms with Crippen LogP contribution in [0.5, 0.6) is 5.75 Å². The number of benzene rings is 2. The number of ether oxygens (including phenoxy) is 1. The van der Waals surface area contributed by atoms with Crippen LogP contribution in [0.4, 0.5) is 10.2 Å². The average Bonchev–Trinajstić information content (AvgIpc) is 3.16. The zero-order chi connectivity index (χ0) is 23.1. The molecule has 2 N–H and O–H groups in total. The van der Waals surface area contributed by atoms with Crippen LogP contribution in [0.3, 0.4) is 0 Å². The molecule has 168 valence electrons. The van der Waals surface area contributed by atoms with E-state index < -0.39 is 5.56 Å². The van der Waals surface area contributed by atoms with Crippen molar-refractivity contribution in [3.05, 3.63) is 87.6 Å². The van der Waals surface area contributed by atoms with Crippen LogP contribution in [0.25, 0.3) is 10.9 Å². The summed E-state index contributed by atoms with van der Waals surface area (Å²) in [4.78, 5) is 28.2. The van der Waals surface area contributed by atoms with Crippen molar-refractivity contribution in [2.24, 2.45) is 0 Å². The van der Waals surface area contributed by atoms with Crippen molar-refractivity contribution in [3.63, 3.8) is 0 Å². The Morgan fingerprint density at radius 2 is 1.76 bits per heavy atom. The highest BCUT2D eigenvalue weighted by atomic mass is 19.1. The Morgan fingerprint density at radius 1 is 1.03 bits per heavy atom. The summed E-state index contributed by atoms with van der Waals surface area (Å²) in [6, 6.07) is 15.3. The van der Waals surface area contributed by atoms with E-state index in [2.05, 4.69) is 5.10 Å². The van der Waals surface area contributed by atoms with E-state index in [4.69, 9.17) is 10.5 Å². The van der Waals surface area contributed by atoms with Crippen molar-refractivity contribution in [2.45, 2.75) is 19.7 Å². The predicted molar refractivity (Wildman–Crippen MR) is 122 cm³/mol. The maximum absolute atomic E-state index is 13.5. The van der Waals surface area contributed by atoms with E-state index in [0.717, 1.165) is 5.56 Å². The van der Waals surface area contributed by atoms with Crippen molar-refractivity contribution in [1.29, 1.82) is 0 Å². The van der Waals surface area contributed by atoms with Gasteiger partial charge in [-0.2, -0.15) is 0 Å². The number of nitrogens with zero attached hydrogens (tertiary/aromatic N) is 4. The average molecular weight is 447 g/mol. The topological polar surface area (TPSA) is 95.4 Å². The number of carbonyl (C=O) groups excluding carboxylic acids is 1. The molecule has 8 nitrogen and oxygen atoms in total. The van der Waals surface area contributed by atoms with Gasteiger partial charge in [0, 0.05) is 20.1 Å². The SMILES string of the molecule is CN1CCn2c(c(OCc3ccccc3)c3c(=O)n(Cc4ccc(F)cc4)nc(N)c32)C1=O. The highest BCUT2D eigenvalue weighted by Gasteiger charge is 2.33. The fourth-order valence-corrected chi connectivity index (χ4v) is 4.12. The van der Waals surface area contributed by atoms with Gasteiger partial charge in [0.25, 0.3) is 11.5 Å². The third kappa shape index (κ3) is 3.61. The Labute approximate surface area is 188 Å². The molecule has 0 aliphatic carbocycles. The van der Waals surface area contributed by atoms with E-state index in [1.807, 2.05) is 30.3 Å². The van der Waals surface area contributed by atoms with Crippen LogP contribution in [-0.2, 0) is 19.7 Å². The number of hydrogen-bond donors (Lipinski definition) is 1. The lowest BCUT2D eigenvalue weighted by Crippen LogP contribution is -2.37. The van der Waals surface area contributed by atoms with Gasteiger partial charge in [0.15, 0.2) is 17.3 Å². The molecule has 0 unspecified atom stereocenters. The molecule has 4 aromatic rings. The smallest absolute Gasteiger partial charge is 0.280 e. The summed E-state index contributed by atoms with van der Waals surface area (Å²) in [5.74, 6) is -0.282. The predicted octanol–water partition coefficient (Wildman–Crippen LogP) is 2.63. The Kier molecular flexibility index (Phi) is 5.08. The highest BCUT2D eigenvalue weighted by Crippen LogP contribution is 2.36. The summed E-state index contributed by atoms with van der Waals surface area (Å²) in [7, 11) is 1.71. The molecule has 1 amide bonds. The second-order valence-corrected chi connectivity index (χ2v) is 8.03. The quantitative estimate of drug-likeness (QED) is 0.508. The first-order chi connectivity index (χ1) is 15.9. The van der Waals surface area contributed by atoms with Gasteiger partial charge in [0.2, 0.25) is 0 Å². The number of anilines is 1. The van der Waals surface area contributed by atoms with Crippen LogP contribution in [-0.4, -0.2) is 38.7 Å². The van der Waals surface area contributed by atoms with Gasteiger partial charge in [0.05, 0.1) is 6.54 Å². The van der Waals surface area contributed by atoms with Crippen LogP contribution >= 0.6 is 0 Å². The molecular formula is C24H22FN5O3. The van der Waals surface area contributed by atoms with Crippen molar-refractivity contribution in [3.8, 4) is 5.75 Å². The maximum atomic E-state index is 13.5. The summed E-state index contributed by atoms with van der Waals surface area (Å²) in [6.07, 6.45) is 0. The number of fused-ring (bicyclic) bond motifs is 3. The molecule has 1 aliphatic rings. The van der Waals surface area contributed by atoms with Crippen LogP contribution in [0.2, 0.25) is 0 Å². The lowest BCUT2D eigenvalue weighted by molar-refractivity contribution is 0.0745. The van der Waals surface area contributed by atoms with Crippen molar-refractivity contribution in [1.82, 2.24) is 19.2 Å². The number of nitrogen functional groups attached to an aromatic ring is 1. The second-order valence-electron chi connectivity index (χ2n) is 8.03. The van der Waals surface area contributed by atoms with Crippen LogP contribution < -0.4 is 16.0 Å². The van der Waals surface area contributed by atoms with E-state index in [-0.39, 0.29) is 41.8 Å². The minimum absolute atomic E-state index is 0.103. The van der Waals surface area contributed by atoms with Crippen LogP contribution in [0.15, 0.2) is 59.4 Å². The molecule has 1 aliphatic heterocycles. The molecule has 0 spiro atoms. The van der Waals surface area contributed by atoms with E-state index in [1.54, 1.807) is 28.6 Å². The van der Waals surface area contributed by atoms with E-state index in [0.29, 0.717) is 29.9 Å². The Morgan fingerprint density at radius 3 is 2.48 bits per heavy atom. The van der Waals surface area contributed by atoms with Gasteiger partial charge in [0.1, 0.15) is 23.3 Å². The largest absolute Gasteiger partial charge is 0.486 e. The molecule has 2 aromatic heterocycles. The fraction of sp³-hybridized carbons (Fsp3) is 0.208. The van der Waals surface area contributed by atoms with E-state index in [9.17, 15) is 14.0 Å². The summed E-state index contributed by atoms with van der Waals surface area (Å²) in [5.41, 5.74) is 8.15. The molecule has 0 fully saturated rings. The summed E-state index contributed by atoms with van der Waals surface area (Å²) < 4.78 is 22.3. The standard InChI is InChI=1S/C24H22FN5O3/c1-28-11-12-29-19-18(21(20(29)24(28)32)33-14-16-5-3-2-4-6-16)23(31)30(27-22(19)26)13-15-7-9-17(25)10-8-15/h2-10H,11-14H2,1H3,(H2,26,27). The van der Waals surface area contributed by atoms with Crippen LogP contribution in [0.1, 0.15) is 21.6 Å². The molecule has 0 atom stereocenters. The molecule has 0 saturated carbocycles. The van der Waals surface area contributed by atoms with Gasteiger partial charge >= 0.3 is 0 Å². The first-order valence-electron chi connectivity index (χ1n) is 10.5. The molecule has 0 radical (unpaired) electrons. The minimum Gasteiger partial charge on any atom is -0.486 e. The molecule has 3 heterocycles. The van der Waals surface area contributed by atoms with Gasteiger partial charge in [-0.25, -0.2) is 9.07 Å². The van der Waals surface area contributed by atoms with E-state index in [1.165, 1.54) is 16.8 Å². The second kappa shape index (κ2) is 8.09. The lowest BCUT2D eigenvalue weighted by Gasteiger charge is -2.25. The Balaban J connectivity index is 1.68. The lowest BCUT2D eigenvalue weighted by atomic mass is 10.2. The summed E-state index contributed by atoms with van der Waals surface area (Å²) in [6.45, 7) is 1.23. The summed E-state index contributed by atoms with van der Waals surface area (Å²) >= 11 is 0. The Hall–Kier alpha value is -4.14. The zero-order valence-electron chi connectivity index (χ0n) is 18.0. The first-order valence-corrected chi connectivity index (χ1v) is 10.5. The third-order valence-electron chi connectivity index (χ3n) is 5.82. The Bertz CT molecular complexity index is 1410. The number of amides is 1. The summed E-state index contributed by atoms with van der Waals surface area (Å²) in [5, 5.41) is 4.51. The number of hydrogen-bond acceptors (Lipinski definition) is 5. The molecule has 33 heavy (non-hydrogen) atoms. The van der Waals surface area contributed by atoms with Gasteiger partial charge in [-0.3, -0.25) is 9.59 Å². The third-order valence-corrected chi connectivity index (χ3v) is 5.82. The molecule has 0 bridgehead atoms. The number of nitrogens with two attached hydrogens (primary N) is 1. The number of likely N-dealkylation sites (N-methyl/N-ethyl adjacent to an activating group) is 1. The number of rotatable bonds is 5. The van der Waals surface area contributed by atoms with E-state index >= 15 is 0 Å². The van der Waals surface area contributed by atoms with Gasteiger partial charge in [-0.15, -0.1) is 5.10 Å². The highest BCUT2D eigenvalue weighted by molar-refractivity contribution is 6.06. The van der Waals surface area contributed by atoms with Gasteiger partial charge < -0.3 is 19.9 Å². The molecule has 5 rings (SSSR count). The molecule has 0 saturated heterocycles. The monoisotopic (exact) mass is 447 g/mol. The van der Waals surface area contributed by atoms with Crippen molar-refractivity contribution in [2.75, 3.05) is 19.3 Å². The maximum Gasteiger partial charge on any atom is 0.280 e. The number of halogens is 1. The van der Waals surface area contributed by atoms with Gasteiger partial charge in [-0.05, 0) is 23.3 Å². The van der Waals surface area contributed by atoms with Crippen molar-refractivity contribution < 1.29 is 13.9 Å². The fourth-order valence-electron chi connectivity index (χ4n) is 4.12. The van der Waals surface area contributed by atoms with Gasteiger partial charge in [-0.1, -0.05) is 42.5 Å². The molecular weight excluding hydrogens is 425 g/mol. The van der Waals surface area contributed by atoms with Crippen LogP contribution in [0, 0.1) is 5.82 Å². The normalized spacial score (nSPS) is 13.4. The first kappa shape index (κ1) is 20.7. The molecule has 9 heteroatoms. The minimum atomic E-state index is -0.427. The molecule has 2 aromatic carbocycles. The number of aromatic nitrogens is 3. The van der Waals surface area contributed by atoms with Crippen molar-refractivity contribution >= 4 is 22.6 Å². The zero-order valence-corrected chi connectivity index (χ0v) is 18.0. The number of carbonyl (C=O) groups is 1.